The lowest BCUT2D eigenvalue weighted by molar-refractivity contribution is 0.119. The summed E-state index contributed by atoms with van der Waals surface area (Å²) < 4.78 is 0. The quantitative estimate of drug-likeness (QED) is 0.617. The minimum Gasteiger partial charge on any atom is -0.387 e. The van der Waals surface area contributed by atoms with Gasteiger partial charge in [-0.05, 0) is 69.8 Å². The van der Waals surface area contributed by atoms with Crippen molar-refractivity contribution in [2.45, 2.75) is 70.9 Å². The van der Waals surface area contributed by atoms with Crippen molar-refractivity contribution in [2.24, 2.45) is 5.92 Å². The third kappa shape index (κ3) is 7.89. The van der Waals surface area contributed by atoms with Gasteiger partial charge in [0, 0.05) is 6.04 Å². The molecule has 1 heterocycles. The minimum absolute atomic E-state index is 0.147. The molecular formula is C22H38N2O. The van der Waals surface area contributed by atoms with Crippen molar-refractivity contribution in [3.63, 3.8) is 0 Å². The summed E-state index contributed by atoms with van der Waals surface area (Å²) in [6, 6.07) is 10.2. The molecule has 0 saturated carbocycles. The van der Waals surface area contributed by atoms with Crippen LogP contribution < -0.4 is 5.32 Å². The first-order chi connectivity index (χ1) is 12.2. The number of hydrogen-bond acceptors (Lipinski definition) is 3. The molecule has 0 aromatic heterocycles. The van der Waals surface area contributed by atoms with Gasteiger partial charge in [0.2, 0.25) is 0 Å². The number of aliphatic hydroxyl groups excluding tert-OH is 1. The average Bonchev–Trinajstić information content (AvgIpc) is 2.90. The highest BCUT2D eigenvalue weighted by Crippen LogP contribution is 2.21. The fourth-order valence-corrected chi connectivity index (χ4v) is 3.72. The fourth-order valence-electron chi connectivity index (χ4n) is 3.72. The van der Waals surface area contributed by atoms with E-state index in [2.05, 4.69) is 24.1 Å². The van der Waals surface area contributed by atoms with Gasteiger partial charge < -0.3 is 15.3 Å². The molecule has 0 radical (unpaired) electrons. The summed E-state index contributed by atoms with van der Waals surface area (Å²) in [5.74, 6) is 0.671. The maximum atomic E-state index is 10.8. The van der Waals surface area contributed by atoms with Crippen LogP contribution in [0.4, 0.5) is 0 Å². The van der Waals surface area contributed by atoms with Gasteiger partial charge in [0.25, 0.3) is 0 Å². The molecule has 1 aliphatic rings. The Morgan fingerprint density at radius 3 is 2.32 bits per heavy atom. The van der Waals surface area contributed by atoms with E-state index in [0.29, 0.717) is 5.92 Å². The Bertz CT molecular complexity index is 441. The third-order valence-corrected chi connectivity index (χ3v) is 5.33. The van der Waals surface area contributed by atoms with E-state index in [-0.39, 0.29) is 6.04 Å². The normalized spacial score (nSPS) is 18.9. The van der Waals surface area contributed by atoms with Gasteiger partial charge >= 0.3 is 0 Å². The van der Waals surface area contributed by atoms with Gasteiger partial charge in [-0.25, -0.2) is 0 Å². The number of hydrogen-bond donors (Lipinski definition) is 2. The second kappa shape index (κ2) is 11.7. The molecule has 142 valence electrons. The number of benzene rings is 1. The second-order valence-electron chi connectivity index (χ2n) is 8.00. The first-order valence-corrected chi connectivity index (χ1v) is 10.4. The van der Waals surface area contributed by atoms with E-state index in [9.17, 15) is 5.11 Å². The van der Waals surface area contributed by atoms with Crippen molar-refractivity contribution in [3.05, 3.63) is 35.9 Å². The molecule has 3 heteroatoms. The molecule has 1 aromatic rings. The number of rotatable bonds is 10. The molecule has 1 aliphatic heterocycles. The number of likely N-dealkylation sites (tertiary alicyclic amines) is 1. The molecule has 2 N–H and O–H groups in total. The Morgan fingerprint density at radius 1 is 1.00 bits per heavy atom. The summed E-state index contributed by atoms with van der Waals surface area (Å²) in [5.41, 5.74) is 1.02. The van der Waals surface area contributed by atoms with Crippen LogP contribution in [0.5, 0.6) is 0 Å². The highest BCUT2D eigenvalue weighted by atomic mass is 16.3. The molecule has 1 fully saturated rings. The van der Waals surface area contributed by atoms with E-state index >= 15 is 0 Å². The molecule has 0 spiro atoms. The van der Waals surface area contributed by atoms with Crippen molar-refractivity contribution in [1.29, 1.82) is 0 Å². The van der Waals surface area contributed by atoms with Crippen LogP contribution in [0.1, 0.15) is 70.5 Å². The van der Waals surface area contributed by atoms with Gasteiger partial charge in [-0.3, -0.25) is 0 Å². The summed E-state index contributed by atoms with van der Waals surface area (Å²) >= 11 is 0. The Morgan fingerprint density at radius 2 is 1.68 bits per heavy atom. The van der Waals surface area contributed by atoms with Crippen LogP contribution in [0.25, 0.3) is 0 Å². The van der Waals surface area contributed by atoms with Crippen LogP contribution in [0.3, 0.4) is 0 Å². The van der Waals surface area contributed by atoms with E-state index in [1.54, 1.807) is 0 Å². The van der Waals surface area contributed by atoms with Crippen LogP contribution in [-0.4, -0.2) is 42.2 Å². The molecule has 0 amide bonds. The molecular weight excluding hydrogens is 308 g/mol. The van der Waals surface area contributed by atoms with Gasteiger partial charge in [0.1, 0.15) is 0 Å². The Balaban J connectivity index is 1.79. The van der Waals surface area contributed by atoms with E-state index in [1.165, 1.54) is 51.7 Å². The zero-order valence-electron chi connectivity index (χ0n) is 16.3. The van der Waals surface area contributed by atoms with Gasteiger partial charge in [0.05, 0.1) is 6.10 Å². The van der Waals surface area contributed by atoms with Crippen molar-refractivity contribution in [1.82, 2.24) is 10.2 Å². The fraction of sp³-hybridized carbons (Fsp3) is 0.727. The number of nitrogens with one attached hydrogen (secondary N) is 1. The molecule has 1 saturated heterocycles. The SMILES string of the molecule is CC(C)CCC(NCCCN1CCCCCC1)C(O)c1ccccc1. The zero-order valence-corrected chi connectivity index (χ0v) is 16.3. The maximum absolute atomic E-state index is 10.8. The summed E-state index contributed by atoms with van der Waals surface area (Å²) in [6.07, 6.45) is 8.43. The molecule has 25 heavy (non-hydrogen) atoms. The molecule has 2 atom stereocenters. The summed E-state index contributed by atoms with van der Waals surface area (Å²) in [6.45, 7) is 9.22. The summed E-state index contributed by atoms with van der Waals surface area (Å²) in [4.78, 5) is 2.62. The van der Waals surface area contributed by atoms with Gasteiger partial charge in [-0.2, -0.15) is 0 Å². The Labute approximate surface area is 154 Å². The lowest BCUT2D eigenvalue weighted by atomic mass is 9.95. The highest BCUT2D eigenvalue weighted by molar-refractivity contribution is 5.18. The third-order valence-electron chi connectivity index (χ3n) is 5.33. The van der Waals surface area contributed by atoms with Crippen LogP contribution in [-0.2, 0) is 0 Å². The summed E-state index contributed by atoms with van der Waals surface area (Å²) in [5, 5.41) is 14.5. The highest BCUT2D eigenvalue weighted by Gasteiger charge is 2.20. The Hall–Kier alpha value is -0.900. The van der Waals surface area contributed by atoms with Crippen molar-refractivity contribution in [3.8, 4) is 0 Å². The van der Waals surface area contributed by atoms with Gasteiger partial charge in [-0.1, -0.05) is 57.0 Å². The van der Waals surface area contributed by atoms with E-state index in [4.69, 9.17) is 0 Å². The minimum atomic E-state index is -0.418. The molecule has 2 rings (SSSR count). The first kappa shape index (κ1) is 20.4. The van der Waals surface area contributed by atoms with Crippen LogP contribution in [0.2, 0.25) is 0 Å². The van der Waals surface area contributed by atoms with Crippen LogP contribution in [0, 0.1) is 5.92 Å². The molecule has 3 nitrogen and oxygen atoms in total. The molecule has 1 aromatic carbocycles. The van der Waals surface area contributed by atoms with Crippen LogP contribution in [0.15, 0.2) is 30.3 Å². The lowest BCUT2D eigenvalue weighted by Crippen LogP contribution is -2.37. The smallest absolute Gasteiger partial charge is 0.0942 e. The predicted octanol–water partition coefficient (Wildman–Crippen LogP) is 4.38. The number of nitrogens with zero attached hydrogens (tertiary/aromatic N) is 1. The molecule has 0 aliphatic carbocycles. The van der Waals surface area contributed by atoms with Gasteiger partial charge in [0.15, 0.2) is 0 Å². The number of aliphatic hydroxyl groups is 1. The zero-order chi connectivity index (χ0) is 17.9. The Kier molecular flexibility index (Phi) is 9.52. The van der Waals surface area contributed by atoms with E-state index in [0.717, 1.165) is 24.9 Å². The standard InChI is InChI=1S/C22H38N2O/c1-19(2)13-14-21(22(25)20-11-6-5-7-12-20)23-15-10-18-24-16-8-3-4-9-17-24/h5-7,11-12,19,21-23,25H,3-4,8-10,13-18H2,1-2H3. The van der Waals surface area contributed by atoms with Crippen molar-refractivity contribution < 1.29 is 5.11 Å². The molecule has 2 unspecified atom stereocenters. The van der Waals surface area contributed by atoms with E-state index < -0.39 is 6.10 Å². The topological polar surface area (TPSA) is 35.5 Å². The largest absolute Gasteiger partial charge is 0.387 e. The average molecular weight is 347 g/mol. The van der Waals surface area contributed by atoms with Gasteiger partial charge in [-0.15, -0.1) is 0 Å². The first-order valence-electron chi connectivity index (χ1n) is 10.4. The predicted molar refractivity (Wildman–Crippen MR) is 107 cm³/mol. The second-order valence-corrected chi connectivity index (χ2v) is 8.00. The van der Waals surface area contributed by atoms with E-state index in [1.807, 2.05) is 30.3 Å². The molecule has 0 bridgehead atoms. The van der Waals surface area contributed by atoms with Crippen molar-refractivity contribution >= 4 is 0 Å². The lowest BCUT2D eigenvalue weighted by Gasteiger charge is -2.26. The monoisotopic (exact) mass is 346 g/mol. The van der Waals surface area contributed by atoms with Crippen LogP contribution >= 0.6 is 0 Å². The maximum Gasteiger partial charge on any atom is 0.0942 e. The summed E-state index contributed by atoms with van der Waals surface area (Å²) in [7, 11) is 0. The van der Waals surface area contributed by atoms with Crippen molar-refractivity contribution in [2.75, 3.05) is 26.2 Å².